The number of nitro groups is 1. The Labute approximate surface area is 167 Å². The van der Waals surface area contributed by atoms with E-state index in [1.807, 2.05) is 6.92 Å². The fourth-order valence-electron chi connectivity index (χ4n) is 2.65. The van der Waals surface area contributed by atoms with Gasteiger partial charge >= 0.3 is 5.63 Å². The highest BCUT2D eigenvalue weighted by Gasteiger charge is 2.12. The molecule has 0 saturated carbocycles. The van der Waals surface area contributed by atoms with Crippen molar-refractivity contribution in [1.29, 1.82) is 0 Å². The van der Waals surface area contributed by atoms with Crippen molar-refractivity contribution >= 4 is 44.2 Å². The second-order valence-corrected chi connectivity index (χ2v) is 6.71. The van der Waals surface area contributed by atoms with E-state index in [1.54, 1.807) is 18.2 Å². The lowest BCUT2D eigenvalue weighted by Gasteiger charge is -2.10. The van der Waals surface area contributed by atoms with E-state index in [1.165, 1.54) is 24.3 Å². The van der Waals surface area contributed by atoms with Crippen LogP contribution >= 0.6 is 15.9 Å². The van der Waals surface area contributed by atoms with E-state index in [-0.39, 0.29) is 12.3 Å². The van der Waals surface area contributed by atoms with Crippen LogP contribution in [0, 0.1) is 10.1 Å². The molecule has 1 aromatic heterocycles. The van der Waals surface area contributed by atoms with Crippen molar-refractivity contribution < 1.29 is 18.9 Å². The molecule has 0 radical (unpaired) electrons. The summed E-state index contributed by atoms with van der Waals surface area (Å²) < 4.78 is 11.0. The lowest BCUT2D eigenvalue weighted by Crippen LogP contribution is -2.20. The second kappa shape index (κ2) is 8.22. The maximum Gasteiger partial charge on any atom is 0.336 e. The SMILES string of the molecule is CCc1cc(=O)oc2cc(OCC(=O)Nc3ccc([N+](=O)[O-])cc3Br)ccc12. The summed E-state index contributed by atoms with van der Waals surface area (Å²) in [6.45, 7) is 1.66. The van der Waals surface area contributed by atoms with E-state index in [0.717, 1.165) is 10.9 Å². The fourth-order valence-corrected chi connectivity index (χ4v) is 3.11. The number of nitrogens with one attached hydrogen (secondary N) is 1. The molecule has 144 valence electrons. The average molecular weight is 447 g/mol. The molecule has 28 heavy (non-hydrogen) atoms. The number of carbonyl (C=O) groups is 1. The van der Waals surface area contributed by atoms with Crippen LogP contribution in [0.15, 0.2) is 56.1 Å². The van der Waals surface area contributed by atoms with Gasteiger partial charge in [-0.05, 0) is 46.1 Å². The predicted molar refractivity (Wildman–Crippen MR) is 107 cm³/mol. The van der Waals surface area contributed by atoms with E-state index in [9.17, 15) is 19.7 Å². The monoisotopic (exact) mass is 446 g/mol. The van der Waals surface area contributed by atoms with Gasteiger partial charge in [-0.25, -0.2) is 4.79 Å². The molecule has 0 aliphatic rings. The van der Waals surface area contributed by atoms with Gasteiger partial charge in [0.25, 0.3) is 11.6 Å². The molecule has 1 heterocycles. The van der Waals surface area contributed by atoms with Crippen LogP contribution < -0.4 is 15.7 Å². The zero-order valence-electron chi connectivity index (χ0n) is 14.7. The van der Waals surface area contributed by atoms with Crippen LogP contribution in [0.3, 0.4) is 0 Å². The summed E-state index contributed by atoms with van der Waals surface area (Å²) in [5.41, 5.74) is 1.11. The molecule has 1 amide bonds. The number of hydrogen-bond donors (Lipinski definition) is 1. The minimum absolute atomic E-state index is 0.0924. The van der Waals surface area contributed by atoms with Gasteiger partial charge in [-0.15, -0.1) is 0 Å². The fraction of sp³-hybridized carbons (Fsp3) is 0.158. The van der Waals surface area contributed by atoms with Gasteiger partial charge < -0.3 is 14.5 Å². The van der Waals surface area contributed by atoms with Crippen molar-refractivity contribution in [3.8, 4) is 5.75 Å². The number of carbonyl (C=O) groups excluding carboxylic acids is 1. The predicted octanol–water partition coefficient (Wildman–Crippen LogP) is 4.04. The van der Waals surface area contributed by atoms with Crippen LogP contribution in [0.4, 0.5) is 11.4 Å². The number of nitrogens with zero attached hydrogens (tertiary/aromatic N) is 1. The zero-order chi connectivity index (χ0) is 20.3. The van der Waals surface area contributed by atoms with Gasteiger partial charge in [0.15, 0.2) is 6.61 Å². The third-order valence-electron chi connectivity index (χ3n) is 3.99. The molecule has 2 aromatic carbocycles. The number of nitro benzene ring substituents is 1. The van der Waals surface area contributed by atoms with Gasteiger partial charge in [0.05, 0.1) is 10.6 Å². The van der Waals surface area contributed by atoms with Crippen LogP contribution in [0.5, 0.6) is 5.75 Å². The van der Waals surface area contributed by atoms with Gasteiger partial charge in [0.2, 0.25) is 0 Å². The van der Waals surface area contributed by atoms with E-state index in [0.29, 0.717) is 27.9 Å². The molecule has 1 N–H and O–H groups in total. The minimum Gasteiger partial charge on any atom is -0.484 e. The van der Waals surface area contributed by atoms with Crippen molar-refractivity contribution in [2.45, 2.75) is 13.3 Å². The van der Waals surface area contributed by atoms with Crippen LogP contribution in [-0.2, 0) is 11.2 Å². The number of fused-ring (bicyclic) bond motifs is 1. The highest BCUT2D eigenvalue weighted by Crippen LogP contribution is 2.27. The maximum atomic E-state index is 12.1. The van der Waals surface area contributed by atoms with Crippen LogP contribution in [0.1, 0.15) is 12.5 Å². The summed E-state index contributed by atoms with van der Waals surface area (Å²) in [5.74, 6) is -0.0692. The third-order valence-corrected chi connectivity index (χ3v) is 4.65. The van der Waals surface area contributed by atoms with Crippen molar-refractivity contribution in [3.05, 3.63) is 73.0 Å². The van der Waals surface area contributed by atoms with E-state index in [4.69, 9.17) is 9.15 Å². The molecular formula is C19H15BrN2O6. The molecule has 3 aromatic rings. The Hall–Kier alpha value is -3.20. The molecule has 3 rings (SSSR count). The maximum absolute atomic E-state index is 12.1. The van der Waals surface area contributed by atoms with Gasteiger partial charge in [-0.1, -0.05) is 6.92 Å². The summed E-state index contributed by atoms with van der Waals surface area (Å²) in [7, 11) is 0. The quantitative estimate of drug-likeness (QED) is 0.347. The first-order valence-electron chi connectivity index (χ1n) is 8.30. The Bertz CT molecular complexity index is 1130. The van der Waals surface area contributed by atoms with Crippen LogP contribution in [0.25, 0.3) is 11.0 Å². The molecule has 0 aliphatic carbocycles. The van der Waals surface area contributed by atoms with Crippen molar-refractivity contribution in [3.63, 3.8) is 0 Å². The van der Waals surface area contributed by atoms with E-state index in [2.05, 4.69) is 21.2 Å². The second-order valence-electron chi connectivity index (χ2n) is 5.86. The van der Waals surface area contributed by atoms with Gasteiger partial charge in [0, 0.05) is 34.1 Å². The normalized spacial score (nSPS) is 10.6. The zero-order valence-corrected chi connectivity index (χ0v) is 16.3. The van der Waals surface area contributed by atoms with Gasteiger partial charge in [-0.3, -0.25) is 14.9 Å². The molecule has 9 heteroatoms. The number of non-ortho nitro benzene ring substituents is 1. The smallest absolute Gasteiger partial charge is 0.336 e. The van der Waals surface area contributed by atoms with Crippen molar-refractivity contribution in [2.75, 3.05) is 11.9 Å². The number of anilines is 1. The average Bonchev–Trinajstić information content (AvgIpc) is 2.66. The van der Waals surface area contributed by atoms with E-state index >= 15 is 0 Å². The van der Waals surface area contributed by atoms with Crippen LogP contribution in [-0.4, -0.2) is 17.4 Å². The Morgan fingerprint density at radius 2 is 2.04 bits per heavy atom. The van der Waals surface area contributed by atoms with Crippen molar-refractivity contribution in [1.82, 2.24) is 0 Å². The molecule has 0 unspecified atom stereocenters. The number of halogens is 1. The number of ether oxygens (including phenoxy) is 1. The first-order chi connectivity index (χ1) is 13.4. The Morgan fingerprint density at radius 1 is 1.25 bits per heavy atom. The topological polar surface area (TPSA) is 112 Å². The number of rotatable bonds is 6. The third kappa shape index (κ3) is 4.37. The summed E-state index contributed by atoms with van der Waals surface area (Å²) >= 11 is 3.19. The molecule has 8 nitrogen and oxygen atoms in total. The van der Waals surface area contributed by atoms with Crippen LogP contribution in [0.2, 0.25) is 0 Å². The molecule has 0 aliphatic heterocycles. The molecule has 0 spiro atoms. The molecular weight excluding hydrogens is 432 g/mol. The van der Waals surface area contributed by atoms with E-state index < -0.39 is 16.5 Å². The Balaban J connectivity index is 1.69. The summed E-state index contributed by atoms with van der Waals surface area (Å²) in [6.07, 6.45) is 0.689. The first-order valence-corrected chi connectivity index (χ1v) is 9.10. The summed E-state index contributed by atoms with van der Waals surface area (Å²) in [4.78, 5) is 34.0. The summed E-state index contributed by atoms with van der Waals surface area (Å²) in [5, 5.41) is 14.2. The number of hydrogen-bond acceptors (Lipinski definition) is 6. The lowest BCUT2D eigenvalue weighted by molar-refractivity contribution is -0.384. The minimum atomic E-state index is -0.526. The number of aryl methyl sites for hydroxylation is 1. The molecule has 0 atom stereocenters. The van der Waals surface area contributed by atoms with Gasteiger partial charge in [-0.2, -0.15) is 0 Å². The highest BCUT2D eigenvalue weighted by atomic mass is 79.9. The number of amides is 1. The first kappa shape index (κ1) is 19.6. The van der Waals surface area contributed by atoms with Gasteiger partial charge in [0.1, 0.15) is 11.3 Å². The largest absolute Gasteiger partial charge is 0.484 e. The highest BCUT2D eigenvalue weighted by molar-refractivity contribution is 9.10. The Kier molecular flexibility index (Phi) is 5.74. The van der Waals surface area contributed by atoms with Crippen molar-refractivity contribution in [2.24, 2.45) is 0 Å². The molecule has 0 fully saturated rings. The lowest BCUT2D eigenvalue weighted by atomic mass is 10.1. The Morgan fingerprint density at radius 3 is 2.71 bits per heavy atom. The molecule has 0 bridgehead atoms. The summed E-state index contributed by atoms with van der Waals surface area (Å²) in [6, 6.07) is 10.5. The standard InChI is InChI=1S/C19H15BrN2O6/c1-2-11-7-19(24)28-17-9-13(4-5-14(11)17)27-10-18(23)21-16-6-3-12(22(25)26)8-15(16)20/h3-9H,2,10H2,1H3,(H,21,23). The molecule has 0 saturated heterocycles. The number of benzene rings is 2.